The summed E-state index contributed by atoms with van der Waals surface area (Å²) in [5.74, 6) is -0.169. The van der Waals surface area contributed by atoms with Crippen LogP contribution in [0.1, 0.15) is 284 Å². The number of aliphatic hydroxyl groups excluding tert-OH is 1. The zero-order valence-corrected chi connectivity index (χ0v) is 52.5. The molecular formula is C69H126N2O6P+. The molecule has 0 saturated carbocycles. The van der Waals surface area contributed by atoms with Gasteiger partial charge in [0.25, 0.3) is 0 Å². The summed E-state index contributed by atoms with van der Waals surface area (Å²) < 4.78 is 23.8. The van der Waals surface area contributed by atoms with Crippen LogP contribution in [0.25, 0.3) is 0 Å². The van der Waals surface area contributed by atoms with Crippen molar-refractivity contribution in [2.45, 2.75) is 296 Å². The molecule has 78 heavy (non-hydrogen) atoms. The van der Waals surface area contributed by atoms with Gasteiger partial charge in [-0.3, -0.25) is 13.8 Å². The number of allylic oxidation sites excluding steroid dienone is 16. The molecule has 0 aliphatic rings. The highest BCUT2D eigenvalue weighted by Crippen LogP contribution is 2.43. The van der Waals surface area contributed by atoms with E-state index in [1.807, 2.05) is 21.1 Å². The number of carbonyl (C=O) groups excluding carboxylic acids is 1. The van der Waals surface area contributed by atoms with Crippen molar-refractivity contribution in [3.05, 3.63) is 97.2 Å². The fourth-order valence-electron chi connectivity index (χ4n) is 9.30. The van der Waals surface area contributed by atoms with Crippen molar-refractivity contribution in [1.82, 2.24) is 5.32 Å². The number of carbonyl (C=O) groups is 1. The number of phosphoric acid groups is 1. The van der Waals surface area contributed by atoms with Crippen molar-refractivity contribution in [2.24, 2.45) is 0 Å². The number of rotatable bonds is 59. The first-order valence-corrected chi connectivity index (χ1v) is 34.1. The molecule has 0 aromatic rings. The van der Waals surface area contributed by atoms with E-state index in [1.54, 1.807) is 0 Å². The van der Waals surface area contributed by atoms with Crippen molar-refractivity contribution in [2.75, 3.05) is 40.9 Å². The molecule has 0 fully saturated rings. The summed E-state index contributed by atoms with van der Waals surface area (Å²) >= 11 is 0. The molecule has 0 aromatic carbocycles. The van der Waals surface area contributed by atoms with Gasteiger partial charge < -0.3 is 19.8 Å². The molecule has 0 saturated heterocycles. The van der Waals surface area contributed by atoms with E-state index in [2.05, 4.69) is 116 Å². The SMILES string of the molecule is CC/C=C\C/C=C\C/C=C\C/C=C\C/C=C\C/C=C\C/C=C\C/C=C\CCCCCCC(=O)NC(COP(=O)(O)OCC[N+](C)(C)C)C(O)CCCCCCCCCCCCCCCCCCCCCCCCCCCCC. The summed E-state index contributed by atoms with van der Waals surface area (Å²) in [5.41, 5.74) is 0. The van der Waals surface area contributed by atoms with E-state index in [9.17, 15) is 19.4 Å². The van der Waals surface area contributed by atoms with Gasteiger partial charge in [-0.2, -0.15) is 0 Å². The quantitative estimate of drug-likeness (QED) is 0.0243. The Morgan fingerprint density at radius 2 is 0.769 bits per heavy atom. The third-order valence-corrected chi connectivity index (χ3v) is 15.3. The zero-order valence-electron chi connectivity index (χ0n) is 51.6. The first-order valence-electron chi connectivity index (χ1n) is 32.6. The Bertz CT molecular complexity index is 1590. The number of nitrogens with one attached hydrogen (secondary N) is 1. The lowest BCUT2D eigenvalue weighted by Gasteiger charge is -2.26. The molecule has 1 amide bonds. The van der Waals surface area contributed by atoms with Crippen molar-refractivity contribution >= 4 is 13.7 Å². The second kappa shape index (κ2) is 59.1. The second-order valence-electron chi connectivity index (χ2n) is 23.1. The lowest BCUT2D eigenvalue weighted by Crippen LogP contribution is -2.46. The van der Waals surface area contributed by atoms with Gasteiger partial charge in [-0.15, -0.1) is 0 Å². The van der Waals surface area contributed by atoms with Crippen molar-refractivity contribution < 1.29 is 32.9 Å². The number of unbranched alkanes of at least 4 members (excludes halogenated alkanes) is 30. The fraction of sp³-hybridized carbons (Fsp3) is 0.754. The Kier molecular flexibility index (Phi) is 57.1. The number of hydrogen-bond acceptors (Lipinski definition) is 5. The number of amides is 1. The van der Waals surface area contributed by atoms with Crippen LogP contribution in [0, 0.1) is 0 Å². The number of phosphoric ester groups is 1. The maximum atomic E-state index is 13.0. The van der Waals surface area contributed by atoms with E-state index in [0.29, 0.717) is 23.9 Å². The van der Waals surface area contributed by atoms with Gasteiger partial charge >= 0.3 is 7.82 Å². The largest absolute Gasteiger partial charge is 0.472 e. The maximum absolute atomic E-state index is 13.0. The number of quaternary nitrogens is 1. The molecule has 0 aliphatic heterocycles. The first-order chi connectivity index (χ1) is 38.0. The van der Waals surface area contributed by atoms with E-state index in [0.717, 1.165) is 103 Å². The first kappa shape index (κ1) is 75.4. The number of hydrogen-bond donors (Lipinski definition) is 3. The van der Waals surface area contributed by atoms with Crippen LogP contribution in [0.5, 0.6) is 0 Å². The minimum absolute atomic E-state index is 0.0645. The molecule has 8 nitrogen and oxygen atoms in total. The molecule has 0 heterocycles. The van der Waals surface area contributed by atoms with Crippen molar-refractivity contribution in [3.8, 4) is 0 Å². The van der Waals surface area contributed by atoms with Crippen LogP contribution in [0.3, 0.4) is 0 Å². The van der Waals surface area contributed by atoms with Gasteiger partial charge in [-0.1, -0.05) is 297 Å². The van der Waals surface area contributed by atoms with Crippen LogP contribution >= 0.6 is 7.82 Å². The van der Waals surface area contributed by atoms with E-state index in [4.69, 9.17) is 9.05 Å². The van der Waals surface area contributed by atoms with E-state index in [1.165, 1.54) is 154 Å². The molecule has 0 rings (SSSR count). The Hall–Kier alpha value is -2.58. The Morgan fingerprint density at radius 3 is 1.13 bits per heavy atom. The third kappa shape index (κ3) is 61.0. The molecule has 3 unspecified atom stereocenters. The molecule has 0 aromatic heterocycles. The van der Waals surface area contributed by atoms with Crippen LogP contribution in [0.2, 0.25) is 0 Å². The third-order valence-electron chi connectivity index (χ3n) is 14.3. The number of nitrogens with zero attached hydrogens (tertiary/aromatic N) is 1. The Labute approximate surface area is 483 Å². The average Bonchev–Trinajstić information content (AvgIpc) is 3.41. The molecule has 452 valence electrons. The molecule has 3 atom stereocenters. The van der Waals surface area contributed by atoms with Gasteiger partial charge in [0.05, 0.1) is 39.9 Å². The van der Waals surface area contributed by atoms with Crippen molar-refractivity contribution in [1.29, 1.82) is 0 Å². The average molecular weight is 1110 g/mol. The Morgan fingerprint density at radius 1 is 0.449 bits per heavy atom. The van der Waals surface area contributed by atoms with E-state index >= 15 is 0 Å². The van der Waals surface area contributed by atoms with Gasteiger partial charge in [0, 0.05) is 6.42 Å². The van der Waals surface area contributed by atoms with E-state index in [-0.39, 0.29) is 19.1 Å². The molecule has 0 radical (unpaired) electrons. The molecule has 0 spiro atoms. The summed E-state index contributed by atoms with van der Waals surface area (Å²) in [4.78, 5) is 23.4. The summed E-state index contributed by atoms with van der Waals surface area (Å²) in [7, 11) is 1.59. The highest BCUT2D eigenvalue weighted by molar-refractivity contribution is 7.47. The van der Waals surface area contributed by atoms with Gasteiger partial charge in [-0.05, 0) is 77.0 Å². The molecule has 0 aliphatic carbocycles. The summed E-state index contributed by atoms with van der Waals surface area (Å²) in [6.07, 6.45) is 84.9. The van der Waals surface area contributed by atoms with Crippen LogP contribution < -0.4 is 5.32 Å². The van der Waals surface area contributed by atoms with Crippen LogP contribution in [-0.2, 0) is 18.4 Å². The monoisotopic (exact) mass is 1110 g/mol. The van der Waals surface area contributed by atoms with Crippen LogP contribution in [0.4, 0.5) is 0 Å². The van der Waals surface area contributed by atoms with Crippen LogP contribution in [-0.4, -0.2) is 73.4 Å². The predicted octanol–water partition coefficient (Wildman–Crippen LogP) is 20.5. The smallest absolute Gasteiger partial charge is 0.391 e. The minimum atomic E-state index is -4.34. The molecule has 3 N–H and O–H groups in total. The summed E-state index contributed by atoms with van der Waals surface area (Å²) in [5, 5.41) is 14.1. The second-order valence-corrected chi connectivity index (χ2v) is 24.6. The normalized spacial score (nSPS) is 14.4. The summed E-state index contributed by atoms with van der Waals surface area (Å²) in [6.45, 7) is 4.77. The highest BCUT2D eigenvalue weighted by atomic mass is 31.2. The van der Waals surface area contributed by atoms with E-state index < -0.39 is 20.0 Å². The zero-order chi connectivity index (χ0) is 57.0. The van der Waals surface area contributed by atoms with Gasteiger partial charge in [-0.25, -0.2) is 4.57 Å². The molecule has 0 bridgehead atoms. The lowest BCUT2D eigenvalue weighted by molar-refractivity contribution is -0.870. The molecule has 9 heteroatoms. The van der Waals surface area contributed by atoms with Crippen LogP contribution in [0.15, 0.2) is 97.2 Å². The standard InChI is InChI=1S/C69H125N2O6P/c1-6-8-10-12-14-16-18-20-22-24-26-28-30-32-34-35-37-39-41-43-45-47-49-51-53-55-57-59-61-63-69(73)70-67(66-77-78(74,75)76-65-64-71(3,4)5)68(72)62-60-58-56-54-52-50-48-46-44-42-40-38-36-33-31-29-27-25-23-21-19-17-15-13-11-9-7-2/h8,10,14,16,20,22,26,28,32,34,37,39,43,45,49,51,67-68,72H,6-7,9,11-13,15,17-19,21,23-25,27,29-31,33,35-36,38,40-42,44,46-48,50,52-66H2,1-5H3,(H-,70,73,74,75)/p+1/b10-8-,16-14-,22-20-,28-26-,34-32-,39-37-,45-43-,51-49-. The highest BCUT2D eigenvalue weighted by Gasteiger charge is 2.28. The maximum Gasteiger partial charge on any atom is 0.472 e. The predicted molar refractivity (Wildman–Crippen MR) is 341 cm³/mol. The van der Waals surface area contributed by atoms with Crippen molar-refractivity contribution in [3.63, 3.8) is 0 Å². The fourth-order valence-corrected chi connectivity index (χ4v) is 10.0. The minimum Gasteiger partial charge on any atom is -0.391 e. The van der Waals surface area contributed by atoms with Gasteiger partial charge in [0.2, 0.25) is 5.91 Å². The lowest BCUT2D eigenvalue weighted by atomic mass is 10.0. The number of aliphatic hydroxyl groups is 1. The molecular weight excluding hydrogens is 984 g/mol. The summed E-state index contributed by atoms with van der Waals surface area (Å²) in [6, 6.07) is -0.783. The number of likely N-dealkylation sites (N-methyl/N-ethyl adjacent to an activating group) is 1. The topological polar surface area (TPSA) is 105 Å². The van der Waals surface area contributed by atoms with Gasteiger partial charge in [0.1, 0.15) is 13.2 Å². The Balaban J connectivity index is 4.19. The van der Waals surface area contributed by atoms with Gasteiger partial charge in [0.15, 0.2) is 0 Å².